The van der Waals surface area contributed by atoms with E-state index in [4.69, 9.17) is 9.47 Å². The summed E-state index contributed by atoms with van der Waals surface area (Å²) in [5.74, 6) is -1.05. The van der Waals surface area contributed by atoms with Crippen molar-refractivity contribution in [1.82, 2.24) is 5.43 Å². The molecule has 0 aromatic carbocycles. The molecule has 0 radical (unpaired) electrons. The van der Waals surface area contributed by atoms with E-state index < -0.39 is 5.97 Å². The molecule has 16 heavy (non-hydrogen) atoms. The number of hydrogen-bond donors (Lipinski definition) is 1. The van der Waals surface area contributed by atoms with Crippen molar-refractivity contribution in [3.63, 3.8) is 0 Å². The van der Waals surface area contributed by atoms with Crippen LogP contribution in [0.2, 0.25) is 0 Å². The average molecular weight is 228 g/mol. The minimum absolute atomic E-state index is 0.151. The summed E-state index contributed by atoms with van der Waals surface area (Å²) in [6, 6.07) is 0. The van der Waals surface area contributed by atoms with Crippen LogP contribution in [-0.2, 0) is 19.1 Å². The van der Waals surface area contributed by atoms with Crippen LogP contribution in [0.25, 0.3) is 0 Å². The van der Waals surface area contributed by atoms with Crippen LogP contribution in [0, 0.1) is 5.92 Å². The number of hydrogen-bond acceptors (Lipinski definition) is 6. The van der Waals surface area contributed by atoms with Gasteiger partial charge in [-0.25, -0.2) is 4.79 Å². The first-order valence-electron chi connectivity index (χ1n) is 5.32. The Morgan fingerprint density at radius 1 is 1.38 bits per heavy atom. The molecule has 0 saturated carbocycles. The molecule has 6 nitrogen and oxygen atoms in total. The maximum Gasteiger partial charge on any atom is 0.354 e. The Morgan fingerprint density at radius 3 is 2.69 bits per heavy atom. The molecule has 1 rings (SSSR count). The summed E-state index contributed by atoms with van der Waals surface area (Å²) in [6.45, 7) is 4.56. The molecule has 0 aromatic rings. The second-order valence-corrected chi connectivity index (χ2v) is 3.29. The lowest BCUT2D eigenvalue weighted by Gasteiger charge is -2.09. The van der Waals surface area contributed by atoms with E-state index >= 15 is 0 Å². The lowest BCUT2D eigenvalue weighted by molar-refractivity contribution is -0.143. The zero-order valence-electron chi connectivity index (χ0n) is 9.49. The van der Waals surface area contributed by atoms with Crippen LogP contribution in [0.15, 0.2) is 5.10 Å². The third-order valence-electron chi connectivity index (χ3n) is 2.13. The van der Waals surface area contributed by atoms with Gasteiger partial charge in [0.05, 0.1) is 19.6 Å². The SMILES string of the molecule is CCOC(=O)C[C@H]1CNN=C1C(=O)OCC. The second kappa shape index (κ2) is 6.09. The largest absolute Gasteiger partial charge is 0.466 e. The van der Waals surface area contributed by atoms with E-state index in [0.29, 0.717) is 19.8 Å². The zero-order chi connectivity index (χ0) is 12.0. The number of carbonyl (C=O) groups is 2. The van der Waals surface area contributed by atoms with Gasteiger partial charge >= 0.3 is 11.9 Å². The predicted octanol–water partition coefficient (Wildman–Crippen LogP) is 0.0781. The van der Waals surface area contributed by atoms with E-state index in [1.807, 2.05) is 0 Å². The smallest absolute Gasteiger partial charge is 0.354 e. The van der Waals surface area contributed by atoms with Gasteiger partial charge in [0.15, 0.2) is 5.71 Å². The van der Waals surface area contributed by atoms with E-state index in [0.717, 1.165) is 0 Å². The summed E-state index contributed by atoms with van der Waals surface area (Å²) in [5, 5.41) is 3.83. The quantitative estimate of drug-likeness (QED) is 0.674. The Kier molecular flexibility index (Phi) is 4.75. The average Bonchev–Trinajstić information content (AvgIpc) is 2.66. The second-order valence-electron chi connectivity index (χ2n) is 3.29. The van der Waals surface area contributed by atoms with E-state index in [1.165, 1.54) is 0 Å². The van der Waals surface area contributed by atoms with Gasteiger partial charge in [-0.2, -0.15) is 5.10 Å². The number of hydrazone groups is 1. The first-order chi connectivity index (χ1) is 7.69. The summed E-state index contributed by atoms with van der Waals surface area (Å²) < 4.78 is 9.65. The van der Waals surface area contributed by atoms with Gasteiger partial charge in [-0.3, -0.25) is 4.79 Å². The molecule has 0 bridgehead atoms. The van der Waals surface area contributed by atoms with Crippen LogP contribution in [-0.4, -0.2) is 37.4 Å². The number of nitrogens with one attached hydrogen (secondary N) is 1. The maximum atomic E-state index is 11.4. The highest BCUT2D eigenvalue weighted by molar-refractivity contribution is 6.38. The van der Waals surface area contributed by atoms with E-state index in [9.17, 15) is 9.59 Å². The van der Waals surface area contributed by atoms with Crippen molar-refractivity contribution in [2.24, 2.45) is 11.0 Å². The van der Waals surface area contributed by atoms with Gasteiger partial charge in [0, 0.05) is 12.5 Å². The Hall–Kier alpha value is -1.59. The Bertz CT molecular complexity index is 301. The molecule has 90 valence electrons. The highest BCUT2D eigenvalue weighted by Gasteiger charge is 2.30. The fourth-order valence-corrected chi connectivity index (χ4v) is 1.44. The van der Waals surface area contributed by atoms with Crippen molar-refractivity contribution in [2.45, 2.75) is 20.3 Å². The van der Waals surface area contributed by atoms with E-state index in [1.54, 1.807) is 13.8 Å². The van der Waals surface area contributed by atoms with Crippen LogP contribution in [0.5, 0.6) is 0 Å². The summed E-state index contributed by atoms with van der Waals surface area (Å²) in [6.07, 6.45) is 0.151. The van der Waals surface area contributed by atoms with Crippen LogP contribution in [0.1, 0.15) is 20.3 Å². The number of esters is 2. The lowest BCUT2D eigenvalue weighted by Crippen LogP contribution is -2.27. The van der Waals surface area contributed by atoms with Crippen LogP contribution >= 0.6 is 0 Å². The highest BCUT2D eigenvalue weighted by atomic mass is 16.5. The van der Waals surface area contributed by atoms with Crippen molar-refractivity contribution in [1.29, 1.82) is 0 Å². The molecule has 1 aliphatic rings. The van der Waals surface area contributed by atoms with Crippen molar-refractivity contribution in [2.75, 3.05) is 19.8 Å². The Morgan fingerprint density at radius 2 is 2.06 bits per heavy atom. The number of rotatable bonds is 5. The van der Waals surface area contributed by atoms with Gasteiger partial charge in [0.1, 0.15) is 0 Å². The number of nitrogens with zero attached hydrogens (tertiary/aromatic N) is 1. The molecule has 1 atom stereocenters. The monoisotopic (exact) mass is 228 g/mol. The van der Waals surface area contributed by atoms with Crippen LogP contribution in [0.4, 0.5) is 0 Å². The topological polar surface area (TPSA) is 77.0 Å². The molecule has 0 aromatic heterocycles. The molecule has 1 heterocycles. The molecule has 0 amide bonds. The standard InChI is InChI=1S/C10H16N2O4/c1-3-15-8(13)5-7-6-11-12-9(7)10(14)16-4-2/h7,11H,3-6H2,1-2H3/t7-/m0/s1. The van der Waals surface area contributed by atoms with Gasteiger partial charge in [-0.1, -0.05) is 0 Å². The minimum atomic E-state index is -0.471. The fourth-order valence-electron chi connectivity index (χ4n) is 1.44. The summed E-state index contributed by atoms with van der Waals surface area (Å²) in [7, 11) is 0. The first kappa shape index (κ1) is 12.5. The van der Waals surface area contributed by atoms with Gasteiger partial charge in [0.2, 0.25) is 0 Å². The Balaban J connectivity index is 2.51. The fraction of sp³-hybridized carbons (Fsp3) is 0.700. The molecule has 0 saturated heterocycles. The van der Waals surface area contributed by atoms with E-state index in [-0.39, 0.29) is 24.0 Å². The van der Waals surface area contributed by atoms with Gasteiger partial charge < -0.3 is 14.9 Å². The summed E-state index contributed by atoms with van der Waals surface area (Å²) in [5.41, 5.74) is 2.96. The van der Waals surface area contributed by atoms with Crippen LogP contribution in [0.3, 0.4) is 0 Å². The summed E-state index contributed by atoms with van der Waals surface area (Å²) in [4.78, 5) is 22.7. The van der Waals surface area contributed by atoms with Gasteiger partial charge in [-0.15, -0.1) is 0 Å². The molecule has 0 aliphatic carbocycles. The molecule has 6 heteroatoms. The summed E-state index contributed by atoms with van der Waals surface area (Å²) >= 11 is 0. The molecule has 0 unspecified atom stereocenters. The molecule has 0 spiro atoms. The van der Waals surface area contributed by atoms with Gasteiger partial charge in [-0.05, 0) is 13.8 Å². The minimum Gasteiger partial charge on any atom is -0.466 e. The van der Waals surface area contributed by atoms with Crippen molar-refractivity contribution < 1.29 is 19.1 Å². The van der Waals surface area contributed by atoms with Gasteiger partial charge in [0.25, 0.3) is 0 Å². The van der Waals surface area contributed by atoms with Crippen molar-refractivity contribution >= 4 is 17.7 Å². The first-order valence-corrected chi connectivity index (χ1v) is 5.32. The zero-order valence-corrected chi connectivity index (χ0v) is 9.49. The van der Waals surface area contributed by atoms with E-state index in [2.05, 4.69) is 10.5 Å². The van der Waals surface area contributed by atoms with Crippen molar-refractivity contribution in [3.8, 4) is 0 Å². The molecular weight excluding hydrogens is 212 g/mol. The third-order valence-corrected chi connectivity index (χ3v) is 2.13. The molecule has 1 aliphatic heterocycles. The van der Waals surface area contributed by atoms with Crippen molar-refractivity contribution in [3.05, 3.63) is 0 Å². The number of ether oxygens (including phenoxy) is 2. The highest BCUT2D eigenvalue weighted by Crippen LogP contribution is 2.12. The molecule has 1 N–H and O–H groups in total. The van der Waals surface area contributed by atoms with Crippen LogP contribution < -0.4 is 5.43 Å². The number of carbonyl (C=O) groups excluding carboxylic acids is 2. The molecular formula is C10H16N2O4. The molecule has 0 fully saturated rings. The predicted molar refractivity (Wildman–Crippen MR) is 56.8 cm³/mol. The third kappa shape index (κ3) is 3.22. The normalized spacial score (nSPS) is 18.6. The lowest BCUT2D eigenvalue weighted by atomic mass is 10.0. The maximum absolute atomic E-state index is 11.4. The Labute approximate surface area is 94.0 Å².